The molecule has 1 aromatic heterocycles. The van der Waals surface area contributed by atoms with E-state index < -0.39 is 0 Å². The van der Waals surface area contributed by atoms with Crippen LogP contribution in [0.5, 0.6) is 11.5 Å². The van der Waals surface area contributed by atoms with Gasteiger partial charge in [0, 0.05) is 24.7 Å². The Balaban J connectivity index is 1.65. The third-order valence-corrected chi connectivity index (χ3v) is 5.86. The van der Waals surface area contributed by atoms with Gasteiger partial charge in [-0.1, -0.05) is 13.0 Å². The van der Waals surface area contributed by atoms with Crippen LogP contribution < -0.4 is 25.0 Å². The van der Waals surface area contributed by atoms with E-state index in [1.54, 1.807) is 7.11 Å². The number of aromatic nitrogens is 1. The van der Waals surface area contributed by atoms with Crippen molar-refractivity contribution in [3.05, 3.63) is 42.0 Å². The van der Waals surface area contributed by atoms with E-state index in [9.17, 15) is 4.79 Å². The topological polar surface area (TPSA) is 88.9 Å². The van der Waals surface area contributed by atoms with Gasteiger partial charge in [-0.05, 0) is 68.8 Å². The fraction of sp³-hybridized carbons (Fsp3) is 0.440. The Morgan fingerprint density at radius 1 is 1.18 bits per heavy atom. The van der Waals surface area contributed by atoms with Crippen LogP contribution in [-0.4, -0.2) is 43.7 Å². The maximum absolute atomic E-state index is 11.8. The lowest BCUT2D eigenvalue weighted by Crippen LogP contribution is -2.43. The summed E-state index contributed by atoms with van der Waals surface area (Å²) in [5.41, 5.74) is 3.24. The average Bonchev–Trinajstić information content (AvgIpc) is 3.26. The van der Waals surface area contributed by atoms with E-state index >= 15 is 0 Å². The van der Waals surface area contributed by atoms with E-state index in [2.05, 4.69) is 21.6 Å². The number of ether oxygens (including phenoxy) is 2. The zero-order valence-corrected chi connectivity index (χ0v) is 19.5. The van der Waals surface area contributed by atoms with Crippen molar-refractivity contribution in [1.29, 1.82) is 0 Å². The normalized spacial score (nSPS) is 14.3. The van der Waals surface area contributed by atoms with Gasteiger partial charge in [0.2, 0.25) is 5.91 Å². The lowest BCUT2D eigenvalue weighted by molar-refractivity contribution is -0.115. The highest BCUT2D eigenvalue weighted by molar-refractivity contribution is 5.92. The maximum Gasteiger partial charge on any atom is 0.298 e. The first-order chi connectivity index (χ1) is 16.1. The van der Waals surface area contributed by atoms with Crippen molar-refractivity contribution < 1.29 is 18.7 Å². The molecule has 33 heavy (non-hydrogen) atoms. The maximum atomic E-state index is 11.8. The molecule has 8 heteroatoms. The molecule has 1 aliphatic heterocycles. The summed E-state index contributed by atoms with van der Waals surface area (Å²) < 4.78 is 17.4. The van der Waals surface area contributed by atoms with Crippen LogP contribution in [-0.2, 0) is 11.3 Å². The molecule has 0 atom stereocenters. The summed E-state index contributed by atoms with van der Waals surface area (Å²) in [5.74, 6) is 1.42. The lowest BCUT2D eigenvalue weighted by Gasteiger charge is -2.33. The molecule has 0 unspecified atom stereocenters. The Bertz CT molecular complexity index is 1090. The summed E-state index contributed by atoms with van der Waals surface area (Å²) in [7, 11) is 1.65. The zero-order valence-electron chi connectivity index (χ0n) is 19.5. The molecule has 1 amide bonds. The van der Waals surface area contributed by atoms with E-state index in [0.29, 0.717) is 37.2 Å². The molecule has 0 bridgehead atoms. The Morgan fingerprint density at radius 2 is 2.00 bits per heavy atom. The third kappa shape index (κ3) is 5.39. The van der Waals surface area contributed by atoms with Gasteiger partial charge in [-0.3, -0.25) is 4.79 Å². The van der Waals surface area contributed by atoms with Crippen LogP contribution in [0, 0.1) is 0 Å². The fourth-order valence-corrected chi connectivity index (χ4v) is 4.12. The molecule has 0 spiro atoms. The molecule has 8 nitrogen and oxygen atoms in total. The first-order valence-electron chi connectivity index (χ1n) is 11.6. The number of hydrogen-bond donors (Lipinski definition) is 2. The first-order valence-corrected chi connectivity index (χ1v) is 11.6. The Kier molecular flexibility index (Phi) is 7.34. The summed E-state index contributed by atoms with van der Waals surface area (Å²) in [5, 5.41) is 6.32. The molecule has 2 N–H and O–H groups in total. The van der Waals surface area contributed by atoms with Crippen LogP contribution >= 0.6 is 0 Å². The number of amides is 1. The zero-order chi connectivity index (χ0) is 23.2. The highest BCUT2D eigenvalue weighted by Crippen LogP contribution is 2.32. The number of anilines is 2. The minimum Gasteiger partial charge on any atom is -0.493 e. The van der Waals surface area contributed by atoms with Crippen LogP contribution in [0.4, 0.5) is 11.7 Å². The van der Waals surface area contributed by atoms with Crippen molar-refractivity contribution in [2.24, 2.45) is 0 Å². The van der Waals surface area contributed by atoms with Crippen molar-refractivity contribution in [2.45, 2.75) is 45.7 Å². The number of nitrogens with zero attached hydrogens (tertiary/aromatic N) is 2. The van der Waals surface area contributed by atoms with Crippen LogP contribution in [0.15, 0.2) is 40.8 Å². The van der Waals surface area contributed by atoms with Gasteiger partial charge in [-0.2, -0.15) is 4.98 Å². The van der Waals surface area contributed by atoms with Gasteiger partial charge in [0.15, 0.2) is 17.1 Å². The van der Waals surface area contributed by atoms with Crippen LogP contribution in [0.1, 0.15) is 38.7 Å². The standard InChI is InChI=1S/C25H32N4O4/c1-4-24(30)27-18-7-9-21-20(15-18)28-25(33-21)29(19-10-12-26-13-11-19)16-17-6-8-22(31-3)23(14-17)32-5-2/h6-9,14-15,19,26H,4-5,10-13,16H2,1-3H3,(H,27,30). The summed E-state index contributed by atoms with van der Waals surface area (Å²) in [6, 6.07) is 12.5. The van der Waals surface area contributed by atoms with E-state index in [1.165, 1.54) is 0 Å². The number of nitrogens with one attached hydrogen (secondary N) is 2. The monoisotopic (exact) mass is 452 g/mol. The summed E-state index contributed by atoms with van der Waals surface area (Å²) in [6.45, 7) is 6.92. The molecule has 0 aliphatic carbocycles. The van der Waals surface area contributed by atoms with Crippen molar-refractivity contribution in [1.82, 2.24) is 10.3 Å². The first kappa shape index (κ1) is 22.9. The molecule has 176 valence electrons. The predicted molar refractivity (Wildman–Crippen MR) is 129 cm³/mol. The molecule has 0 saturated carbocycles. The molecule has 4 rings (SSSR count). The van der Waals surface area contributed by atoms with Gasteiger partial charge >= 0.3 is 0 Å². The molecular weight excluding hydrogens is 420 g/mol. The quantitative estimate of drug-likeness (QED) is 0.499. The van der Waals surface area contributed by atoms with Crippen LogP contribution in [0.3, 0.4) is 0 Å². The lowest BCUT2D eigenvalue weighted by atomic mass is 10.0. The SMILES string of the molecule is CCOc1cc(CN(c2nc3cc(NC(=O)CC)ccc3o2)C2CCNCC2)ccc1OC. The van der Waals surface area contributed by atoms with Gasteiger partial charge in [0.25, 0.3) is 6.01 Å². The molecular formula is C25H32N4O4. The number of rotatable bonds is 9. The number of fused-ring (bicyclic) bond motifs is 1. The minimum atomic E-state index is -0.0287. The van der Waals surface area contributed by atoms with Crippen molar-refractivity contribution >= 4 is 28.7 Å². The molecule has 3 aromatic rings. The molecule has 1 fully saturated rings. The van der Waals surface area contributed by atoms with Crippen LogP contribution in [0.25, 0.3) is 11.1 Å². The van der Waals surface area contributed by atoms with Gasteiger partial charge in [0.05, 0.1) is 13.7 Å². The number of benzene rings is 2. The predicted octanol–water partition coefficient (Wildman–Crippen LogP) is 4.34. The van der Waals surface area contributed by atoms with E-state index in [-0.39, 0.29) is 5.91 Å². The second-order valence-corrected chi connectivity index (χ2v) is 8.11. The number of hydrogen-bond acceptors (Lipinski definition) is 7. The minimum absolute atomic E-state index is 0.0287. The molecule has 0 radical (unpaired) electrons. The number of carbonyl (C=O) groups is 1. The molecule has 1 saturated heterocycles. The van der Waals surface area contributed by atoms with Crippen molar-refractivity contribution in [3.8, 4) is 11.5 Å². The van der Waals surface area contributed by atoms with E-state index in [0.717, 1.165) is 54.2 Å². The largest absolute Gasteiger partial charge is 0.493 e. The van der Waals surface area contributed by atoms with Gasteiger partial charge in [-0.15, -0.1) is 0 Å². The number of carbonyl (C=O) groups excluding carboxylic acids is 1. The third-order valence-electron chi connectivity index (χ3n) is 5.86. The molecule has 1 aliphatic rings. The Labute approximate surface area is 194 Å². The number of methoxy groups -OCH3 is 1. The summed E-state index contributed by atoms with van der Waals surface area (Å²) >= 11 is 0. The number of piperidine rings is 1. The Morgan fingerprint density at radius 3 is 2.73 bits per heavy atom. The fourth-order valence-electron chi connectivity index (χ4n) is 4.12. The smallest absolute Gasteiger partial charge is 0.298 e. The summed E-state index contributed by atoms with van der Waals surface area (Å²) in [4.78, 5) is 18.8. The van der Waals surface area contributed by atoms with E-state index in [4.69, 9.17) is 18.9 Å². The van der Waals surface area contributed by atoms with Gasteiger partial charge in [0.1, 0.15) is 5.52 Å². The van der Waals surface area contributed by atoms with E-state index in [1.807, 2.05) is 44.2 Å². The molecule has 2 heterocycles. The summed E-state index contributed by atoms with van der Waals surface area (Å²) in [6.07, 6.45) is 2.44. The van der Waals surface area contributed by atoms with Gasteiger partial charge < -0.3 is 29.4 Å². The highest BCUT2D eigenvalue weighted by Gasteiger charge is 2.26. The second-order valence-electron chi connectivity index (χ2n) is 8.11. The Hall–Kier alpha value is -3.26. The second kappa shape index (κ2) is 10.6. The van der Waals surface area contributed by atoms with Crippen molar-refractivity contribution in [3.63, 3.8) is 0 Å². The van der Waals surface area contributed by atoms with Gasteiger partial charge in [-0.25, -0.2) is 0 Å². The van der Waals surface area contributed by atoms with Crippen LogP contribution in [0.2, 0.25) is 0 Å². The molecule has 2 aromatic carbocycles. The average molecular weight is 453 g/mol. The van der Waals surface area contributed by atoms with Crippen molar-refractivity contribution in [2.75, 3.05) is 37.0 Å². The highest BCUT2D eigenvalue weighted by atomic mass is 16.5. The number of oxazole rings is 1.